The van der Waals surface area contributed by atoms with Gasteiger partial charge < -0.3 is 5.32 Å². The van der Waals surface area contributed by atoms with Crippen LogP contribution in [0, 0.1) is 0 Å². The summed E-state index contributed by atoms with van der Waals surface area (Å²) in [4.78, 5) is 13.7. The molecule has 1 N–H and O–H groups in total. The summed E-state index contributed by atoms with van der Waals surface area (Å²) in [6, 6.07) is 4.27. The molecule has 1 atom stereocenters. The normalized spacial score (nSPS) is 17.5. The minimum atomic E-state index is 0.398. The third-order valence-corrected chi connectivity index (χ3v) is 4.43. The van der Waals surface area contributed by atoms with Gasteiger partial charge >= 0.3 is 0 Å². The number of halogens is 1. The Morgan fingerprint density at radius 1 is 1.38 bits per heavy atom. The molecule has 2 aromatic heterocycles. The molecule has 1 aliphatic carbocycles. The van der Waals surface area contributed by atoms with E-state index in [0.717, 1.165) is 35.2 Å². The molecular formula is C16H19BrN4. The minimum absolute atomic E-state index is 0.398. The van der Waals surface area contributed by atoms with E-state index in [-0.39, 0.29) is 0 Å². The van der Waals surface area contributed by atoms with Gasteiger partial charge in [-0.15, -0.1) is 0 Å². The highest BCUT2D eigenvalue weighted by Gasteiger charge is 2.22. The smallest absolute Gasteiger partial charge is 0.179 e. The lowest BCUT2D eigenvalue weighted by atomic mass is 9.92. The predicted octanol–water partition coefficient (Wildman–Crippen LogP) is 3.68. The van der Waals surface area contributed by atoms with Gasteiger partial charge in [-0.3, -0.25) is 4.98 Å². The number of fused-ring (bicyclic) bond motifs is 1. The van der Waals surface area contributed by atoms with Crippen LogP contribution in [-0.2, 0) is 6.42 Å². The fraction of sp³-hybridized carbons (Fsp3) is 0.438. The monoisotopic (exact) mass is 346 g/mol. The zero-order valence-corrected chi connectivity index (χ0v) is 13.7. The molecule has 5 heteroatoms. The molecule has 0 bridgehead atoms. The molecule has 4 nitrogen and oxygen atoms in total. The van der Waals surface area contributed by atoms with E-state index in [0.29, 0.717) is 11.9 Å². The van der Waals surface area contributed by atoms with E-state index in [1.165, 1.54) is 18.4 Å². The summed E-state index contributed by atoms with van der Waals surface area (Å²) in [6.45, 7) is 3.23. The zero-order valence-electron chi connectivity index (χ0n) is 12.1. The highest BCUT2D eigenvalue weighted by Crippen LogP contribution is 2.30. The molecule has 0 aromatic carbocycles. The van der Waals surface area contributed by atoms with Crippen molar-refractivity contribution < 1.29 is 0 Å². The first-order chi connectivity index (χ1) is 10.3. The van der Waals surface area contributed by atoms with Gasteiger partial charge in [-0.2, -0.15) is 0 Å². The lowest BCUT2D eigenvalue weighted by Crippen LogP contribution is -2.26. The SMILES string of the molecule is CCCNC1CCCc2nc(-c3ncccc3Br)ncc21. The molecule has 3 rings (SSSR count). The number of nitrogens with zero attached hydrogens (tertiary/aromatic N) is 3. The maximum atomic E-state index is 4.76. The first-order valence-electron chi connectivity index (χ1n) is 7.49. The van der Waals surface area contributed by atoms with Crippen LogP contribution < -0.4 is 5.32 Å². The number of aromatic nitrogens is 3. The van der Waals surface area contributed by atoms with E-state index < -0.39 is 0 Å². The second-order valence-electron chi connectivity index (χ2n) is 5.33. The Morgan fingerprint density at radius 3 is 3.10 bits per heavy atom. The van der Waals surface area contributed by atoms with Gasteiger partial charge in [0.1, 0.15) is 5.69 Å². The van der Waals surface area contributed by atoms with Crippen LogP contribution in [0.4, 0.5) is 0 Å². The second-order valence-corrected chi connectivity index (χ2v) is 6.18. The van der Waals surface area contributed by atoms with Crippen molar-refractivity contribution in [1.29, 1.82) is 0 Å². The van der Waals surface area contributed by atoms with Gasteiger partial charge in [0, 0.05) is 34.2 Å². The average Bonchev–Trinajstić information content (AvgIpc) is 2.52. The molecule has 1 unspecified atom stereocenters. The lowest BCUT2D eigenvalue weighted by molar-refractivity contribution is 0.453. The molecule has 0 saturated heterocycles. The van der Waals surface area contributed by atoms with Gasteiger partial charge in [0.25, 0.3) is 0 Å². The molecule has 0 aliphatic heterocycles. The molecule has 110 valence electrons. The Kier molecular flexibility index (Phi) is 4.60. The van der Waals surface area contributed by atoms with Crippen molar-refractivity contribution in [1.82, 2.24) is 20.3 Å². The van der Waals surface area contributed by atoms with E-state index in [2.05, 4.69) is 38.1 Å². The summed E-state index contributed by atoms with van der Waals surface area (Å²) in [6.07, 6.45) is 8.27. The van der Waals surface area contributed by atoms with Crippen molar-refractivity contribution in [3.8, 4) is 11.5 Å². The molecule has 0 spiro atoms. The number of hydrogen-bond donors (Lipinski definition) is 1. The van der Waals surface area contributed by atoms with Crippen molar-refractivity contribution >= 4 is 15.9 Å². The summed E-state index contributed by atoms with van der Waals surface area (Å²) in [5.41, 5.74) is 3.23. The Hall–Kier alpha value is -1.33. The zero-order chi connectivity index (χ0) is 14.7. The van der Waals surface area contributed by atoms with E-state index in [4.69, 9.17) is 4.98 Å². The van der Waals surface area contributed by atoms with Gasteiger partial charge in [-0.1, -0.05) is 6.92 Å². The summed E-state index contributed by atoms with van der Waals surface area (Å²) < 4.78 is 0.932. The highest BCUT2D eigenvalue weighted by atomic mass is 79.9. The summed E-state index contributed by atoms with van der Waals surface area (Å²) in [7, 11) is 0. The molecule has 2 aromatic rings. The van der Waals surface area contributed by atoms with E-state index >= 15 is 0 Å². The van der Waals surface area contributed by atoms with E-state index in [1.54, 1.807) is 6.20 Å². The summed E-state index contributed by atoms with van der Waals surface area (Å²) >= 11 is 3.52. The molecule has 21 heavy (non-hydrogen) atoms. The first kappa shape index (κ1) is 14.6. The molecule has 2 heterocycles. The van der Waals surface area contributed by atoms with Crippen LogP contribution in [0.3, 0.4) is 0 Å². The van der Waals surface area contributed by atoms with Crippen molar-refractivity contribution in [2.45, 2.75) is 38.6 Å². The molecule has 0 fully saturated rings. The maximum absolute atomic E-state index is 4.76. The number of aryl methyl sites for hydroxylation is 1. The van der Waals surface area contributed by atoms with Gasteiger partial charge in [0.05, 0.1) is 0 Å². The topological polar surface area (TPSA) is 50.7 Å². The standard InChI is InChI=1S/C16H19BrN4/c1-2-8-18-13-6-3-7-14-11(13)10-20-16(21-14)15-12(17)5-4-9-19-15/h4-5,9-10,13,18H,2-3,6-8H2,1H3. The van der Waals surface area contributed by atoms with E-state index in [1.807, 2.05) is 18.3 Å². The quantitative estimate of drug-likeness (QED) is 0.917. The molecule has 0 radical (unpaired) electrons. The van der Waals surface area contributed by atoms with Crippen LogP contribution in [0.1, 0.15) is 43.5 Å². The van der Waals surface area contributed by atoms with Crippen molar-refractivity contribution in [3.63, 3.8) is 0 Å². The number of rotatable bonds is 4. The van der Waals surface area contributed by atoms with Gasteiger partial charge in [-0.05, 0) is 60.3 Å². The van der Waals surface area contributed by atoms with Crippen LogP contribution in [0.15, 0.2) is 29.0 Å². The van der Waals surface area contributed by atoms with Gasteiger partial charge in [-0.25, -0.2) is 9.97 Å². The summed E-state index contributed by atoms with van der Waals surface area (Å²) in [5.74, 6) is 0.706. The Morgan fingerprint density at radius 2 is 2.29 bits per heavy atom. The first-order valence-corrected chi connectivity index (χ1v) is 8.29. The summed E-state index contributed by atoms with van der Waals surface area (Å²) in [5, 5.41) is 3.59. The predicted molar refractivity (Wildman–Crippen MR) is 86.9 cm³/mol. The lowest BCUT2D eigenvalue weighted by Gasteiger charge is -2.25. The van der Waals surface area contributed by atoms with Crippen LogP contribution in [0.25, 0.3) is 11.5 Å². The van der Waals surface area contributed by atoms with Crippen molar-refractivity contribution in [2.24, 2.45) is 0 Å². The molecule has 0 saturated carbocycles. The number of hydrogen-bond acceptors (Lipinski definition) is 4. The third kappa shape index (κ3) is 3.14. The molecule has 1 aliphatic rings. The average molecular weight is 347 g/mol. The second kappa shape index (κ2) is 6.62. The molecular weight excluding hydrogens is 328 g/mol. The number of nitrogens with one attached hydrogen (secondary N) is 1. The fourth-order valence-corrected chi connectivity index (χ4v) is 3.17. The van der Waals surface area contributed by atoms with Crippen molar-refractivity contribution in [2.75, 3.05) is 6.54 Å². The van der Waals surface area contributed by atoms with Crippen LogP contribution in [0.5, 0.6) is 0 Å². The third-order valence-electron chi connectivity index (χ3n) is 3.79. The largest absolute Gasteiger partial charge is 0.310 e. The van der Waals surface area contributed by atoms with E-state index in [9.17, 15) is 0 Å². The van der Waals surface area contributed by atoms with Crippen LogP contribution >= 0.6 is 15.9 Å². The Labute approximate surface area is 133 Å². The Balaban J connectivity index is 1.93. The van der Waals surface area contributed by atoms with Crippen LogP contribution in [-0.4, -0.2) is 21.5 Å². The number of pyridine rings is 1. The minimum Gasteiger partial charge on any atom is -0.310 e. The Bertz CT molecular complexity index is 629. The fourth-order valence-electron chi connectivity index (χ4n) is 2.74. The van der Waals surface area contributed by atoms with Gasteiger partial charge in [0.15, 0.2) is 5.82 Å². The highest BCUT2D eigenvalue weighted by molar-refractivity contribution is 9.10. The van der Waals surface area contributed by atoms with Gasteiger partial charge in [0.2, 0.25) is 0 Å². The van der Waals surface area contributed by atoms with Crippen LogP contribution in [0.2, 0.25) is 0 Å². The molecule has 0 amide bonds. The maximum Gasteiger partial charge on any atom is 0.179 e. The van der Waals surface area contributed by atoms with Crippen molar-refractivity contribution in [3.05, 3.63) is 40.3 Å².